The van der Waals surface area contributed by atoms with Crippen LogP contribution >= 0.6 is 0 Å². The molecule has 0 radical (unpaired) electrons. The number of rotatable bonds is 3. The first-order chi connectivity index (χ1) is 11.7. The van der Waals surface area contributed by atoms with Gasteiger partial charge in [0.1, 0.15) is 5.82 Å². The Balaban J connectivity index is 1.49. The second kappa shape index (κ2) is 6.20. The lowest BCUT2D eigenvalue weighted by Crippen LogP contribution is -2.36. The molecule has 5 nitrogen and oxygen atoms in total. The van der Waals surface area contributed by atoms with Crippen molar-refractivity contribution in [3.8, 4) is 0 Å². The zero-order valence-corrected chi connectivity index (χ0v) is 13.3. The smallest absolute Gasteiger partial charge is 0.304 e. The summed E-state index contributed by atoms with van der Waals surface area (Å²) in [4.78, 5) is 21.7. The normalized spacial score (nSPS) is 16.7. The number of hydrogen-bond acceptors (Lipinski definition) is 3. The Morgan fingerprint density at radius 3 is 2.75 bits per heavy atom. The minimum absolute atomic E-state index is 0.101. The van der Waals surface area contributed by atoms with Crippen LogP contribution in [0.1, 0.15) is 24.4 Å². The van der Waals surface area contributed by atoms with Crippen molar-refractivity contribution in [3.63, 3.8) is 0 Å². The number of aromatic amines is 1. The molecule has 1 aliphatic rings. The van der Waals surface area contributed by atoms with E-state index in [4.69, 9.17) is 0 Å². The van der Waals surface area contributed by atoms with Crippen LogP contribution in [0.5, 0.6) is 0 Å². The molecule has 3 heterocycles. The van der Waals surface area contributed by atoms with Crippen LogP contribution in [0, 0.1) is 5.82 Å². The van der Waals surface area contributed by atoms with Gasteiger partial charge in [0.05, 0.1) is 5.52 Å². The van der Waals surface area contributed by atoms with E-state index in [0.717, 1.165) is 42.7 Å². The maximum atomic E-state index is 13.8. The summed E-state index contributed by atoms with van der Waals surface area (Å²) in [5.74, 6) is -0.156. The Labute approximate surface area is 138 Å². The van der Waals surface area contributed by atoms with E-state index >= 15 is 0 Å². The molecule has 0 spiro atoms. The van der Waals surface area contributed by atoms with Crippen LogP contribution in [-0.2, 0) is 6.54 Å². The van der Waals surface area contributed by atoms with E-state index in [1.807, 2.05) is 24.3 Å². The van der Waals surface area contributed by atoms with Crippen molar-refractivity contribution in [2.24, 2.45) is 0 Å². The van der Waals surface area contributed by atoms with Crippen molar-refractivity contribution >= 4 is 11.2 Å². The fraction of sp³-hybridized carbons (Fsp3) is 0.333. The number of piperidine rings is 1. The van der Waals surface area contributed by atoms with Gasteiger partial charge in [0, 0.05) is 37.4 Å². The average molecular weight is 326 g/mol. The standard InChI is InChI=1S/C18H19FN4O/c19-15-5-2-1-4-13(15)12-22-10-7-14(8-11-22)23-17-16(21-18(23)24)6-3-9-20-17/h1-6,9,14H,7-8,10-12H2,(H,21,24). The number of benzene rings is 1. The number of nitrogens with zero attached hydrogens (tertiary/aromatic N) is 3. The number of aromatic nitrogens is 3. The highest BCUT2D eigenvalue weighted by atomic mass is 19.1. The van der Waals surface area contributed by atoms with Crippen molar-refractivity contribution in [2.75, 3.05) is 13.1 Å². The molecule has 0 saturated carbocycles. The molecule has 1 fully saturated rings. The molecule has 1 aromatic carbocycles. The van der Waals surface area contributed by atoms with Crippen LogP contribution in [0.15, 0.2) is 47.4 Å². The third kappa shape index (κ3) is 2.73. The quantitative estimate of drug-likeness (QED) is 0.805. The number of nitrogens with one attached hydrogen (secondary N) is 1. The maximum absolute atomic E-state index is 13.8. The van der Waals surface area contributed by atoms with Gasteiger partial charge in [-0.1, -0.05) is 18.2 Å². The molecule has 0 unspecified atom stereocenters. The Morgan fingerprint density at radius 2 is 1.96 bits per heavy atom. The van der Waals surface area contributed by atoms with Gasteiger partial charge in [-0.25, -0.2) is 14.2 Å². The lowest BCUT2D eigenvalue weighted by molar-refractivity contribution is 0.178. The van der Waals surface area contributed by atoms with Gasteiger partial charge in [-0.15, -0.1) is 0 Å². The second-order valence-corrected chi connectivity index (χ2v) is 6.27. The van der Waals surface area contributed by atoms with E-state index in [0.29, 0.717) is 6.54 Å². The molecule has 4 rings (SSSR count). The Kier molecular flexibility index (Phi) is 3.90. The van der Waals surface area contributed by atoms with Crippen molar-refractivity contribution in [1.82, 2.24) is 19.4 Å². The Hall–Kier alpha value is -2.47. The third-order valence-electron chi connectivity index (χ3n) is 4.75. The SMILES string of the molecule is O=c1[nH]c2cccnc2n1C1CCN(Cc2ccccc2F)CC1. The van der Waals surface area contributed by atoms with Gasteiger partial charge in [-0.3, -0.25) is 9.47 Å². The molecule has 2 aromatic heterocycles. The lowest BCUT2D eigenvalue weighted by atomic mass is 10.0. The number of hydrogen-bond donors (Lipinski definition) is 1. The van der Waals surface area contributed by atoms with Gasteiger partial charge in [0.2, 0.25) is 0 Å². The number of fused-ring (bicyclic) bond motifs is 1. The molecule has 1 aliphatic heterocycles. The molecule has 0 aliphatic carbocycles. The van der Waals surface area contributed by atoms with E-state index in [9.17, 15) is 9.18 Å². The maximum Gasteiger partial charge on any atom is 0.327 e. The molecule has 124 valence electrons. The van der Waals surface area contributed by atoms with Gasteiger partial charge < -0.3 is 4.98 Å². The highest BCUT2D eigenvalue weighted by Crippen LogP contribution is 2.25. The van der Waals surface area contributed by atoms with Crippen molar-refractivity contribution in [3.05, 3.63) is 64.5 Å². The predicted octanol–water partition coefficient (Wildman–Crippen LogP) is 2.70. The van der Waals surface area contributed by atoms with Crippen LogP contribution in [0.25, 0.3) is 11.2 Å². The topological polar surface area (TPSA) is 53.9 Å². The van der Waals surface area contributed by atoms with E-state index in [2.05, 4.69) is 14.9 Å². The molecule has 3 aromatic rings. The van der Waals surface area contributed by atoms with E-state index in [1.54, 1.807) is 16.8 Å². The van der Waals surface area contributed by atoms with Gasteiger partial charge >= 0.3 is 5.69 Å². The highest BCUT2D eigenvalue weighted by Gasteiger charge is 2.24. The average Bonchev–Trinajstić information content (AvgIpc) is 2.93. The number of pyridine rings is 1. The summed E-state index contributed by atoms with van der Waals surface area (Å²) in [6.45, 7) is 2.29. The molecular formula is C18H19FN4O. The van der Waals surface area contributed by atoms with Gasteiger partial charge in [-0.2, -0.15) is 0 Å². The molecule has 0 amide bonds. The molecule has 0 atom stereocenters. The summed E-state index contributed by atoms with van der Waals surface area (Å²) in [6.07, 6.45) is 3.43. The summed E-state index contributed by atoms with van der Waals surface area (Å²) < 4.78 is 15.6. The van der Waals surface area contributed by atoms with Crippen molar-refractivity contribution in [1.29, 1.82) is 0 Å². The summed E-state index contributed by atoms with van der Waals surface area (Å²) in [5, 5.41) is 0. The van der Waals surface area contributed by atoms with Crippen LogP contribution in [-0.4, -0.2) is 32.5 Å². The summed E-state index contributed by atoms with van der Waals surface area (Å²) in [5.41, 5.74) is 2.12. The van der Waals surface area contributed by atoms with Crippen molar-refractivity contribution in [2.45, 2.75) is 25.4 Å². The van der Waals surface area contributed by atoms with Gasteiger partial charge in [0.25, 0.3) is 0 Å². The lowest BCUT2D eigenvalue weighted by Gasteiger charge is -2.32. The highest BCUT2D eigenvalue weighted by molar-refractivity contribution is 5.70. The first kappa shape index (κ1) is 15.1. The third-order valence-corrected chi connectivity index (χ3v) is 4.75. The number of halogens is 1. The molecule has 24 heavy (non-hydrogen) atoms. The molecule has 1 N–H and O–H groups in total. The van der Waals surface area contributed by atoms with E-state index < -0.39 is 0 Å². The van der Waals surface area contributed by atoms with Crippen LogP contribution in [0.3, 0.4) is 0 Å². The Bertz CT molecular complexity index is 909. The number of imidazole rings is 1. The summed E-state index contributed by atoms with van der Waals surface area (Å²) in [6, 6.07) is 10.7. The van der Waals surface area contributed by atoms with Crippen molar-refractivity contribution < 1.29 is 4.39 Å². The minimum Gasteiger partial charge on any atom is -0.304 e. The minimum atomic E-state index is -0.156. The molecular weight excluding hydrogens is 307 g/mol. The van der Waals surface area contributed by atoms with Gasteiger partial charge in [-0.05, 0) is 31.0 Å². The molecule has 0 bridgehead atoms. The fourth-order valence-electron chi connectivity index (χ4n) is 3.50. The largest absolute Gasteiger partial charge is 0.327 e. The van der Waals surface area contributed by atoms with E-state index in [1.165, 1.54) is 6.07 Å². The zero-order chi connectivity index (χ0) is 16.5. The first-order valence-corrected chi connectivity index (χ1v) is 8.23. The molecule has 1 saturated heterocycles. The van der Waals surface area contributed by atoms with Crippen LogP contribution in [0.4, 0.5) is 4.39 Å². The zero-order valence-electron chi connectivity index (χ0n) is 13.3. The van der Waals surface area contributed by atoms with Crippen LogP contribution in [0.2, 0.25) is 0 Å². The fourth-order valence-corrected chi connectivity index (χ4v) is 3.50. The number of H-pyrrole nitrogens is 1. The first-order valence-electron chi connectivity index (χ1n) is 8.23. The summed E-state index contributed by atoms with van der Waals surface area (Å²) in [7, 11) is 0. The van der Waals surface area contributed by atoms with Gasteiger partial charge in [0.15, 0.2) is 5.65 Å². The molecule has 6 heteroatoms. The summed E-state index contributed by atoms with van der Waals surface area (Å²) >= 11 is 0. The second-order valence-electron chi connectivity index (χ2n) is 6.27. The number of likely N-dealkylation sites (tertiary alicyclic amines) is 1. The predicted molar refractivity (Wildman–Crippen MR) is 90.3 cm³/mol. The van der Waals surface area contributed by atoms with Crippen LogP contribution < -0.4 is 5.69 Å². The van der Waals surface area contributed by atoms with E-state index in [-0.39, 0.29) is 17.5 Å². The monoisotopic (exact) mass is 326 g/mol. The Morgan fingerprint density at radius 1 is 1.17 bits per heavy atom.